The topological polar surface area (TPSA) is 9.86 Å². The molecule has 0 aliphatic carbocycles. The van der Waals surface area contributed by atoms with Gasteiger partial charge in [-0.3, -0.25) is 0 Å². The molecule has 6 aromatic rings. The van der Waals surface area contributed by atoms with E-state index in [1.165, 1.54) is 137 Å². The van der Waals surface area contributed by atoms with Gasteiger partial charge in [-0.1, -0.05) is 139 Å². The van der Waals surface area contributed by atoms with Crippen molar-refractivity contribution >= 4 is 61.8 Å². The monoisotopic (exact) mass is 608 g/mol. The third-order valence-electron chi connectivity index (χ3n) is 9.88. The van der Waals surface area contributed by atoms with Gasteiger partial charge in [0.25, 0.3) is 0 Å². The number of unbranched alkanes of at least 4 members (excludes halogenated alkanes) is 10. The van der Waals surface area contributed by atoms with Crippen molar-refractivity contribution in [1.82, 2.24) is 9.13 Å². The van der Waals surface area contributed by atoms with Crippen LogP contribution in [0.4, 0.5) is 0 Å². The molecule has 4 aromatic carbocycles. The molecule has 6 rings (SSSR count). The van der Waals surface area contributed by atoms with E-state index in [-0.39, 0.29) is 0 Å². The van der Waals surface area contributed by atoms with E-state index in [4.69, 9.17) is 0 Å². The average molecular weight is 609 g/mol. The Kier molecular flexibility index (Phi) is 10.8. The molecule has 0 saturated heterocycles. The molecule has 238 valence electrons. The van der Waals surface area contributed by atoms with Gasteiger partial charge in [-0.05, 0) is 72.0 Å². The van der Waals surface area contributed by atoms with Crippen molar-refractivity contribution in [3.8, 4) is 0 Å². The molecule has 0 fully saturated rings. The number of benzene rings is 4. The Labute approximate surface area is 276 Å². The van der Waals surface area contributed by atoms with Crippen molar-refractivity contribution < 1.29 is 0 Å². The minimum atomic E-state index is 1.07. The van der Waals surface area contributed by atoms with Crippen molar-refractivity contribution in [3.05, 3.63) is 102 Å². The Balaban J connectivity index is 1.26. The summed E-state index contributed by atoms with van der Waals surface area (Å²) in [5, 5.41) is 5.37. The van der Waals surface area contributed by atoms with E-state index in [9.17, 15) is 0 Å². The van der Waals surface area contributed by atoms with E-state index < -0.39 is 0 Å². The summed E-state index contributed by atoms with van der Waals surface area (Å²) >= 11 is 0. The Morgan fingerprint density at radius 3 is 1.39 bits per heavy atom. The molecule has 0 aliphatic heterocycles. The third kappa shape index (κ3) is 7.02. The van der Waals surface area contributed by atoms with Crippen LogP contribution in [0.15, 0.2) is 85.4 Å². The van der Waals surface area contributed by atoms with E-state index in [2.05, 4.69) is 121 Å². The van der Waals surface area contributed by atoms with Crippen molar-refractivity contribution in [2.45, 2.75) is 104 Å². The van der Waals surface area contributed by atoms with Crippen LogP contribution in [0.5, 0.6) is 0 Å². The van der Waals surface area contributed by atoms with Crippen molar-refractivity contribution in [3.63, 3.8) is 0 Å². The van der Waals surface area contributed by atoms with Gasteiger partial charge in [0.2, 0.25) is 0 Å². The lowest BCUT2D eigenvalue weighted by molar-refractivity contribution is 0.571. The molecule has 2 aromatic heterocycles. The first kappa shape index (κ1) is 31.9. The summed E-state index contributed by atoms with van der Waals surface area (Å²) in [4.78, 5) is 0. The van der Waals surface area contributed by atoms with Crippen LogP contribution in [0.3, 0.4) is 0 Å². The fourth-order valence-corrected chi connectivity index (χ4v) is 7.32. The maximum Gasteiger partial charge on any atom is 0.0491 e. The Hall–Kier alpha value is -4.04. The first-order chi connectivity index (χ1) is 22.7. The number of fused-ring (bicyclic) bond motifs is 6. The molecule has 0 unspecified atom stereocenters. The van der Waals surface area contributed by atoms with Crippen LogP contribution in [0.2, 0.25) is 0 Å². The second-order valence-electron chi connectivity index (χ2n) is 13.2. The van der Waals surface area contributed by atoms with Gasteiger partial charge in [-0.2, -0.15) is 0 Å². The lowest BCUT2D eigenvalue weighted by atomic mass is 10.1. The molecule has 2 heteroatoms. The number of hydrogen-bond acceptors (Lipinski definition) is 0. The largest absolute Gasteiger partial charge is 0.340 e. The number of rotatable bonds is 17. The molecular weight excluding hydrogens is 556 g/mol. The second-order valence-corrected chi connectivity index (χ2v) is 13.2. The molecule has 0 aliphatic rings. The normalized spacial score (nSPS) is 12.0. The summed E-state index contributed by atoms with van der Waals surface area (Å²) in [6.45, 7) is 10.8. The molecule has 0 amide bonds. The quantitative estimate of drug-likeness (QED) is 0.0720. The maximum absolute atomic E-state index is 4.04. The van der Waals surface area contributed by atoms with Gasteiger partial charge in [-0.25, -0.2) is 0 Å². The van der Waals surface area contributed by atoms with E-state index in [1.807, 2.05) is 6.08 Å². The molecule has 0 radical (unpaired) electrons. The number of hydrogen-bond donors (Lipinski definition) is 0. The Morgan fingerprint density at radius 2 is 0.870 bits per heavy atom. The van der Waals surface area contributed by atoms with Crippen LogP contribution in [0, 0.1) is 0 Å². The lowest BCUT2D eigenvalue weighted by Crippen LogP contribution is -1.97. The summed E-state index contributed by atoms with van der Waals surface area (Å²) in [7, 11) is 0. The van der Waals surface area contributed by atoms with Gasteiger partial charge in [0.05, 0.1) is 0 Å². The SMILES string of the molecule is C=Cc1ccc2c(c1)c1cc(/C=C/c3ccc4c(c3)c3ccccc3n4CCCCCCCC)ccc1n2CCCCCCCC. The molecule has 0 atom stereocenters. The number of aromatic nitrogens is 2. The average Bonchev–Trinajstić information content (AvgIpc) is 3.58. The minimum Gasteiger partial charge on any atom is -0.340 e. The van der Waals surface area contributed by atoms with Crippen LogP contribution in [0.25, 0.3) is 61.8 Å². The molecule has 2 heterocycles. The molecule has 0 N–H and O–H groups in total. The Bertz CT molecular complexity index is 1950. The molecular formula is C44H52N2. The summed E-state index contributed by atoms with van der Waals surface area (Å²) in [6, 6.07) is 29.7. The number of aryl methyl sites for hydroxylation is 2. The lowest BCUT2D eigenvalue weighted by Gasteiger charge is -2.08. The Morgan fingerprint density at radius 1 is 0.457 bits per heavy atom. The van der Waals surface area contributed by atoms with Crippen LogP contribution >= 0.6 is 0 Å². The van der Waals surface area contributed by atoms with Gasteiger partial charge in [0.15, 0.2) is 0 Å². The predicted molar refractivity (Wildman–Crippen MR) is 205 cm³/mol. The van der Waals surface area contributed by atoms with E-state index in [0.29, 0.717) is 0 Å². The highest BCUT2D eigenvalue weighted by molar-refractivity contribution is 6.10. The van der Waals surface area contributed by atoms with Gasteiger partial charge in [0, 0.05) is 56.7 Å². The highest BCUT2D eigenvalue weighted by atomic mass is 15.0. The smallest absolute Gasteiger partial charge is 0.0491 e. The fourth-order valence-electron chi connectivity index (χ4n) is 7.32. The summed E-state index contributed by atoms with van der Waals surface area (Å²) in [5.41, 5.74) is 9.03. The van der Waals surface area contributed by atoms with Gasteiger partial charge in [0.1, 0.15) is 0 Å². The van der Waals surface area contributed by atoms with Gasteiger partial charge < -0.3 is 9.13 Å². The van der Waals surface area contributed by atoms with Crippen molar-refractivity contribution in [2.24, 2.45) is 0 Å². The van der Waals surface area contributed by atoms with Crippen LogP contribution in [-0.4, -0.2) is 9.13 Å². The molecule has 0 bridgehead atoms. The highest BCUT2D eigenvalue weighted by Gasteiger charge is 2.13. The van der Waals surface area contributed by atoms with E-state index in [1.54, 1.807) is 0 Å². The number of para-hydroxylation sites is 1. The minimum absolute atomic E-state index is 1.07. The van der Waals surface area contributed by atoms with Crippen LogP contribution < -0.4 is 0 Å². The summed E-state index contributed by atoms with van der Waals surface area (Å²) in [6.07, 6.45) is 22.3. The standard InChI is InChI=1S/C44H52N2/c1-4-7-9-11-13-17-29-45-41-20-16-15-19-37(41)38-32-35(24-27-42(38)45)21-22-36-25-28-44-40(33-36)39-31-34(6-3)23-26-43(39)46(44)30-18-14-12-10-8-5-2/h6,15-16,19-28,31-33H,3-5,7-14,17-18,29-30H2,1-2H3/b22-21+. The van der Waals surface area contributed by atoms with E-state index in [0.717, 1.165) is 13.1 Å². The number of nitrogens with zero attached hydrogens (tertiary/aromatic N) is 2. The first-order valence-corrected chi connectivity index (χ1v) is 18.1. The van der Waals surface area contributed by atoms with Gasteiger partial charge >= 0.3 is 0 Å². The van der Waals surface area contributed by atoms with Crippen LogP contribution in [0.1, 0.15) is 108 Å². The third-order valence-corrected chi connectivity index (χ3v) is 9.88. The molecule has 0 spiro atoms. The van der Waals surface area contributed by atoms with Crippen molar-refractivity contribution in [2.75, 3.05) is 0 Å². The van der Waals surface area contributed by atoms with Crippen LogP contribution in [-0.2, 0) is 13.1 Å². The zero-order valence-electron chi connectivity index (χ0n) is 28.2. The summed E-state index contributed by atoms with van der Waals surface area (Å²) < 4.78 is 5.09. The van der Waals surface area contributed by atoms with Crippen molar-refractivity contribution in [1.29, 1.82) is 0 Å². The summed E-state index contributed by atoms with van der Waals surface area (Å²) in [5.74, 6) is 0. The maximum atomic E-state index is 4.04. The zero-order chi connectivity index (χ0) is 31.7. The predicted octanol–water partition coefficient (Wildman–Crippen LogP) is 13.4. The molecule has 0 saturated carbocycles. The fraction of sp³-hybridized carbons (Fsp3) is 0.364. The molecule has 2 nitrogen and oxygen atoms in total. The molecule has 46 heavy (non-hydrogen) atoms. The second kappa shape index (κ2) is 15.5. The van der Waals surface area contributed by atoms with Gasteiger partial charge in [-0.15, -0.1) is 0 Å². The zero-order valence-corrected chi connectivity index (χ0v) is 28.2. The first-order valence-electron chi connectivity index (χ1n) is 18.1. The highest BCUT2D eigenvalue weighted by Crippen LogP contribution is 2.33. The van der Waals surface area contributed by atoms with E-state index >= 15 is 0 Å².